The monoisotopic (exact) mass is 459 g/mol. The number of likely N-dealkylation sites (N-methyl/N-ethyl adjacent to an activating group) is 1. The van der Waals surface area contributed by atoms with Gasteiger partial charge in [-0.2, -0.15) is 10.2 Å². The molecule has 0 bridgehead atoms. The van der Waals surface area contributed by atoms with Crippen LogP contribution in [0.15, 0.2) is 41.1 Å². The molecule has 176 valence electrons. The maximum Gasteiger partial charge on any atom is 0.324 e. The summed E-state index contributed by atoms with van der Waals surface area (Å²) in [5.41, 5.74) is 3.55. The van der Waals surface area contributed by atoms with Crippen LogP contribution in [0.4, 0.5) is 11.7 Å². The molecule has 0 atom stereocenters. The minimum absolute atomic E-state index is 0.0649. The van der Waals surface area contributed by atoms with Gasteiger partial charge in [-0.25, -0.2) is 0 Å². The van der Waals surface area contributed by atoms with Crippen molar-refractivity contribution in [3.63, 3.8) is 0 Å². The summed E-state index contributed by atoms with van der Waals surface area (Å²) in [5.74, 6) is 1.05. The molecule has 5 rings (SSSR count). The lowest BCUT2D eigenvalue weighted by Crippen LogP contribution is -2.64. The van der Waals surface area contributed by atoms with Gasteiger partial charge in [-0.15, -0.1) is 0 Å². The lowest BCUT2D eigenvalue weighted by molar-refractivity contribution is 0.0736. The van der Waals surface area contributed by atoms with Gasteiger partial charge in [0, 0.05) is 61.4 Å². The Bertz CT molecular complexity index is 1210. The van der Waals surface area contributed by atoms with E-state index in [9.17, 15) is 5.26 Å². The van der Waals surface area contributed by atoms with E-state index < -0.39 is 0 Å². The second-order valence-corrected chi connectivity index (χ2v) is 9.17. The maximum atomic E-state index is 9.32. The number of aromatic nitrogens is 3. The molecule has 3 aromatic rings. The van der Waals surface area contributed by atoms with Crippen LogP contribution in [0.3, 0.4) is 0 Å². The highest BCUT2D eigenvalue weighted by molar-refractivity contribution is 5.61. The molecule has 0 radical (unpaired) electrons. The van der Waals surface area contributed by atoms with Gasteiger partial charge in [0.1, 0.15) is 5.75 Å². The fraction of sp³-hybridized carbons (Fsp3) is 0.440. The van der Waals surface area contributed by atoms with E-state index in [2.05, 4.69) is 55.1 Å². The first kappa shape index (κ1) is 22.2. The molecule has 1 aromatic carbocycles. The largest absolute Gasteiger partial charge is 0.497 e. The van der Waals surface area contributed by atoms with Crippen molar-refractivity contribution in [2.75, 3.05) is 56.7 Å². The standard InChI is InChI=1S/C25H29N7O2/c1-18-12-21(4-7-27-18)31-8-5-25(6-9-31)17-32(11-10-30(25)2)24-28-23(29-34-24)20-13-19(16-26)14-22(15-20)33-3/h4,7,12-15H,5-6,8-11,17H2,1-3H3. The van der Waals surface area contributed by atoms with Gasteiger partial charge in [-0.3, -0.25) is 9.88 Å². The van der Waals surface area contributed by atoms with Crippen LogP contribution >= 0.6 is 0 Å². The van der Waals surface area contributed by atoms with Gasteiger partial charge in [0.05, 0.1) is 18.7 Å². The molecule has 0 N–H and O–H groups in total. The summed E-state index contributed by atoms with van der Waals surface area (Å²) >= 11 is 0. The molecule has 0 unspecified atom stereocenters. The fourth-order valence-electron chi connectivity index (χ4n) is 5.05. The van der Waals surface area contributed by atoms with Gasteiger partial charge >= 0.3 is 6.01 Å². The van der Waals surface area contributed by atoms with Gasteiger partial charge in [0.2, 0.25) is 5.82 Å². The number of nitrogens with zero attached hydrogens (tertiary/aromatic N) is 7. The van der Waals surface area contributed by atoms with E-state index in [1.807, 2.05) is 19.2 Å². The first-order valence-electron chi connectivity index (χ1n) is 11.6. The highest BCUT2D eigenvalue weighted by Crippen LogP contribution is 2.35. The number of anilines is 2. The zero-order valence-corrected chi connectivity index (χ0v) is 19.9. The van der Waals surface area contributed by atoms with E-state index in [-0.39, 0.29) is 5.54 Å². The van der Waals surface area contributed by atoms with Gasteiger partial charge in [0.15, 0.2) is 0 Å². The average Bonchev–Trinajstić information content (AvgIpc) is 3.36. The first-order chi connectivity index (χ1) is 16.5. The number of piperidine rings is 1. The summed E-state index contributed by atoms with van der Waals surface area (Å²) in [5, 5.41) is 13.5. The maximum absolute atomic E-state index is 9.32. The number of aryl methyl sites for hydroxylation is 1. The molecule has 1 spiro atoms. The Hall–Kier alpha value is -3.64. The predicted octanol–water partition coefficient (Wildman–Crippen LogP) is 3.11. The molecule has 2 aliphatic rings. The second kappa shape index (κ2) is 8.95. The predicted molar refractivity (Wildman–Crippen MR) is 129 cm³/mol. The topological polar surface area (TPSA) is 94.5 Å². The summed E-state index contributed by atoms with van der Waals surface area (Å²) in [4.78, 5) is 16.2. The van der Waals surface area contributed by atoms with E-state index in [0.29, 0.717) is 28.7 Å². The molecule has 0 saturated carbocycles. The number of benzene rings is 1. The number of methoxy groups -OCH3 is 1. The highest BCUT2D eigenvalue weighted by atomic mass is 16.5. The van der Waals surface area contributed by atoms with Crippen molar-refractivity contribution in [3.05, 3.63) is 47.8 Å². The Labute approximate surface area is 199 Å². The lowest BCUT2D eigenvalue weighted by atomic mass is 9.83. The van der Waals surface area contributed by atoms with Crippen molar-refractivity contribution in [3.8, 4) is 23.2 Å². The Kier molecular flexibility index (Phi) is 5.84. The number of rotatable bonds is 4. The minimum Gasteiger partial charge on any atom is -0.497 e. The zero-order chi connectivity index (χ0) is 23.7. The van der Waals surface area contributed by atoms with Gasteiger partial charge in [-0.05, 0) is 57.1 Å². The van der Waals surface area contributed by atoms with Crippen molar-refractivity contribution in [1.29, 1.82) is 5.26 Å². The average molecular weight is 460 g/mol. The van der Waals surface area contributed by atoms with Crippen molar-refractivity contribution in [2.45, 2.75) is 25.3 Å². The van der Waals surface area contributed by atoms with Crippen LogP contribution < -0.4 is 14.5 Å². The molecule has 9 heteroatoms. The lowest BCUT2D eigenvalue weighted by Gasteiger charge is -2.53. The van der Waals surface area contributed by atoms with Gasteiger partial charge in [-0.1, -0.05) is 5.16 Å². The molecule has 2 fully saturated rings. The Morgan fingerprint density at radius 2 is 1.91 bits per heavy atom. The fourth-order valence-corrected chi connectivity index (χ4v) is 5.05. The smallest absolute Gasteiger partial charge is 0.324 e. The summed E-state index contributed by atoms with van der Waals surface area (Å²) in [6.07, 6.45) is 4.01. The molecule has 34 heavy (non-hydrogen) atoms. The molecule has 0 aliphatic carbocycles. The van der Waals surface area contributed by atoms with Crippen molar-refractivity contribution >= 4 is 11.7 Å². The van der Waals surface area contributed by atoms with Crippen molar-refractivity contribution < 1.29 is 9.26 Å². The van der Waals surface area contributed by atoms with Crippen LogP contribution in [0.2, 0.25) is 0 Å². The third kappa shape index (κ3) is 4.17. The van der Waals surface area contributed by atoms with Crippen LogP contribution in [-0.2, 0) is 0 Å². The van der Waals surface area contributed by atoms with E-state index in [0.717, 1.165) is 51.3 Å². The molecule has 4 heterocycles. The number of ether oxygens (including phenoxy) is 1. The van der Waals surface area contributed by atoms with E-state index in [4.69, 9.17) is 9.26 Å². The Morgan fingerprint density at radius 1 is 1.09 bits per heavy atom. The first-order valence-corrected chi connectivity index (χ1v) is 11.6. The summed E-state index contributed by atoms with van der Waals surface area (Å²) in [6, 6.07) is 12.2. The van der Waals surface area contributed by atoms with Crippen LogP contribution in [0.25, 0.3) is 11.4 Å². The molecule has 9 nitrogen and oxygen atoms in total. The normalized spacial score (nSPS) is 18.2. The molecule has 2 aliphatic heterocycles. The van der Waals surface area contributed by atoms with Gasteiger partial charge in [0.25, 0.3) is 0 Å². The quantitative estimate of drug-likeness (QED) is 0.583. The molecular formula is C25H29N7O2. The van der Waals surface area contributed by atoms with Crippen LogP contribution in [-0.4, -0.2) is 72.4 Å². The van der Waals surface area contributed by atoms with Crippen molar-refractivity contribution in [2.24, 2.45) is 0 Å². The molecule has 2 saturated heterocycles. The van der Waals surface area contributed by atoms with E-state index >= 15 is 0 Å². The Morgan fingerprint density at radius 3 is 2.65 bits per heavy atom. The Balaban J connectivity index is 1.32. The summed E-state index contributed by atoms with van der Waals surface area (Å²) in [7, 11) is 3.80. The summed E-state index contributed by atoms with van der Waals surface area (Å²) < 4.78 is 11.0. The number of pyridine rings is 1. The third-order valence-corrected chi connectivity index (χ3v) is 7.16. The number of hydrogen-bond donors (Lipinski definition) is 0. The summed E-state index contributed by atoms with van der Waals surface area (Å²) in [6.45, 7) is 6.64. The van der Waals surface area contributed by atoms with Crippen LogP contribution in [0.1, 0.15) is 24.1 Å². The third-order valence-electron chi connectivity index (χ3n) is 7.16. The molecule has 0 amide bonds. The van der Waals surface area contributed by atoms with Crippen molar-refractivity contribution in [1.82, 2.24) is 20.0 Å². The molecule has 2 aromatic heterocycles. The van der Waals surface area contributed by atoms with E-state index in [1.54, 1.807) is 19.2 Å². The van der Waals surface area contributed by atoms with Crippen LogP contribution in [0.5, 0.6) is 5.75 Å². The van der Waals surface area contributed by atoms with Gasteiger partial charge < -0.3 is 19.1 Å². The van der Waals surface area contributed by atoms with E-state index in [1.165, 1.54) is 5.69 Å². The zero-order valence-electron chi connectivity index (χ0n) is 19.9. The minimum atomic E-state index is 0.0649. The molecular weight excluding hydrogens is 430 g/mol. The van der Waals surface area contributed by atoms with Crippen LogP contribution in [0, 0.1) is 18.3 Å². The SMILES string of the molecule is COc1cc(C#N)cc(-c2noc(N3CCN(C)C4(CCN(c5ccnc(C)c5)CC4)C3)n2)c1. The number of hydrogen-bond acceptors (Lipinski definition) is 9. The second-order valence-electron chi connectivity index (χ2n) is 9.17. The highest BCUT2D eigenvalue weighted by Gasteiger charge is 2.43. The number of piperazine rings is 1. The number of nitriles is 1.